The maximum Gasteiger partial charge on any atom is 0.259 e. The van der Waals surface area contributed by atoms with Gasteiger partial charge in [-0.2, -0.15) is 4.57 Å². The Kier molecular flexibility index (Phi) is 2.37. The Morgan fingerprint density at radius 2 is 1.83 bits per heavy atom. The summed E-state index contributed by atoms with van der Waals surface area (Å²) in [6.45, 7) is 4.34. The van der Waals surface area contributed by atoms with Crippen molar-refractivity contribution in [1.29, 1.82) is 0 Å². The average Bonchev–Trinajstić information content (AvgIpc) is 3.05. The second-order valence-corrected chi connectivity index (χ2v) is 6.69. The second kappa shape index (κ2) is 4.23. The van der Waals surface area contributed by atoms with E-state index in [4.69, 9.17) is 4.42 Å². The summed E-state index contributed by atoms with van der Waals surface area (Å²) in [7, 11) is 2.10. The summed E-state index contributed by atoms with van der Waals surface area (Å²) in [5.74, 6) is 0. The zero-order chi connectivity index (χ0) is 15.7. The third-order valence-corrected chi connectivity index (χ3v) is 5.09. The minimum Gasteiger partial charge on any atom is -0.449 e. The van der Waals surface area contributed by atoms with E-state index in [-0.39, 0.29) is 0 Å². The Hall–Kier alpha value is -2.61. The first-order valence-corrected chi connectivity index (χ1v) is 8.07. The molecule has 0 unspecified atom stereocenters. The SMILES string of the molecule is Cc1cc2oc3cc4c(c(C)c3c2[n+](C)c1)-c1ccccc1C4. The van der Waals surface area contributed by atoms with Crippen molar-refractivity contribution in [2.45, 2.75) is 20.3 Å². The molecule has 0 atom stereocenters. The maximum atomic E-state index is 6.20. The second-order valence-electron chi connectivity index (χ2n) is 6.69. The number of pyridine rings is 1. The van der Waals surface area contributed by atoms with E-state index in [1.807, 2.05) is 0 Å². The van der Waals surface area contributed by atoms with E-state index in [1.165, 1.54) is 44.3 Å². The molecule has 5 rings (SSSR count). The van der Waals surface area contributed by atoms with Gasteiger partial charge in [-0.15, -0.1) is 0 Å². The monoisotopic (exact) mass is 300 g/mol. The summed E-state index contributed by atoms with van der Waals surface area (Å²) in [5.41, 5.74) is 11.3. The lowest BCUT2D eigenvalue weighted by molar-refractivity contribution is -0.644. The minimum atomic E-state index is 0.975. The van der Waals surface area contributed by atoms with E-state index in [9.17, 15) is 0 Å². The van der Waals surface area contributed by atoms with Crippen LogP contribution in [0, 0.1) is 13.8 Å². The highest BCUT2D eigenvalue weighted by molar-refractivity contribution is 6.06. The van der Waals surface area contributed by atoms with Gasteiger partial charge in [0.05, 0.1) is 5.39 Å². The Morgan fingerprint density at radius 3 is 2.70 bits per heavy atom. The van der Waals surface area contributed by atoms with Crippen molar-refractivity contribution in [1.82, 2.24) is 0 Å². The van der Waals surface area contributed by atoms with Gasteiger partial charge < -0.3 is 4.42 Å². The smallest absolute Gasteiger partial charge is 0.259 e. The number of rotatable bonds is 0. The van der Waals surface area contributed by atoms with Crippen molar-refractivity contribution in [3.63, 3.8) is 0 Å². The van der Waals surface area contributed by atoms with E-state index in [2.05, 4.69) is 68.1 Å². The van der Waals surface area contributed by atoms with Crippen molar-refractivity contribution < 1.29 is 8.98 Å². The number of aryl methyl sites for hydroxylation is 3. The quantitative estimate of drug-likeness (QED) is 0.382. The van der Waals surface area contributed by atoms with Crippen LogP contribution in [0.2, 0.25) is 0 Å². The van der Waals surface area contributed by atoms with Gasteiger partial charge in [-0.05, 0) is 60.2 Å². The highest BCUT2D eigenvalue weighted by Crippen LogP contribution is 2.43. The van der Waals surface area contributed by atoms with Gasteiger partial charge in [-0.25, -0.2) is 0 Å². The predicted octanol–water partition coefficient (Wildman–Crippen LogP) is 4.60. The Morgan fingerprint density at radius 1 is 1.00 bits per heavy atom. The molecule has 23 heavy (non-hydrogen) atoms. The van der Waals surface area contributed by atoms with Crippen molar-refractivity contribution >= 4 is 22.1 Å². The van der Waals surface area contributed by atoms with Crippen LogP contribution in [-0.2, 0) is 13.5 Å². The van der Waals surface area contributed by atoms with Gasteiger partial charge in [-0.3, -0.25) is 0 Å². The first-order chi connectivity index (χ1) is 11.1. The molecule has 1 aliphatic rings. The molecule has 0 saturated heterocycles. The van der Waals surface area contributed by atoms with Crippen molar-refractivity contribution in [3.8, 4) is 11.1 Å². The van der Waals surface area contributed by atoms with Crippen LogP contribution in [0.4, 0.5) is 0 Å². The Balaban J connectivity index is 1.97. The van der Waals surface area contributed by atoms with Crippen molar-refractivity contribution in [2.75, 3.05) is 0 Å². The fraction of sp³-hybridized carbons (Fsp3) is 0.190. The van der Waals surface area contributed by atoms with Gasteiger partial charge in [0.15, 0.2) is 11.8 Å². The molecule has 2 heterocycles. The topological polar surface area (TPSA) is 17.0 Å². The van der Waals surface area contributed by atoms with Crippen LogP contribution in [0.5, 0.6) is 0 Å². The van der Waals surface area contributed by atoms with E-state index >= 15 is 0 Å². The molecule has 2 nitrogen and oxygen atoms in total. The van der Waals surface area contributed by atoms with Crippen LogP contribution in [-0.4, -0.2) is 0 Å². The molecule has 0 radical (unpaired) electrons. The highest BCUT2D eigenvalue weighted by Gasteiger charge is 2.26. The number of hydrogen-bond acceptors (Lipinski definition) is 1. The molecule has 0 saturated carbocycles. The van der Waals surface area contributed by atoms with Crippen LogP contribution in [0.1, 0.15) is 22.3 Å². The van der Waals surface area contributed by atoms with Gasteiger partial charge in [0.1, 0.15) is 12.6 Å². The molecular weight excluding hydrogens is 282 g/mol. The summed E-state index contributed by atoms with van der Waals surface area (Å²) in [6, 6.07) is 13.1. The number of aromatic nitrogens is 1. The zero-order valence-electron chi connectivity index (χ0n) is 13.6. The normalized spacial score (nSPS) is 12.8. The first-order valence-electron chi connectivity index (χ1n) is 8.07. The fourth-order valence-corrected chi connectivity index (χ4v) is 4.22. The summed E-state index contributed by atoms with van der Waals surface area (Å²) < 4.78 is 8.39. The van der Waals surface area contributed by atoms with Gasteiger partial charge in [0, 0.05) is 5.56 Å². The van der Waals surface area contributed by atoms with E-state index in [0.29, 0.717) is 0 Å². The summed E-state index contributed by atoms with van der Waals surface area (Å²) >= 11 is 0. The lowest BCUT2D eigenvalue weighted by Crippen LogP contribution is -2.28. The molecule has 0 amide bonds. The number of benzene rings is 2. The molecule has 0 N–H and O–H groups in total. The number of nitrogens with zero attached hydrogens (tertiary/aromatic N) is 1. The standard InChI is InChI=1S/C21H18NO/c1-12-8-18-21(22(3)11-12)20-13(2)19-15(10-17(20)23-18)9-14-6-4-5-7-16(14)19/h4-8,10-11H,9H2,1-3H3/q+1. The molecule has 1 aliphatic carbocycles. The predicted molar refractivity (Wildman–Crippen MR) is 92.6 cm³/mol. The third kappa shape index (κ3) is 1.61. The largest absolute Gasteiger partial charge is 0.449 e. The Bertz CT molecular complexity index is 1120. The van der Waals surface area contributed by atoms with E-state index in [1.54, 1.807) is 0 Å². The lowest BCUT2D eigenvalue weighted by atomic mass is 9.97. The van der Waals surface area contributed by atoms with Crippen LogP contribution in [0.3, 0.4) is 0 Å². The zero-order valence-corrected chi connectivity index (χ0v) is 13.6. The minimum absolute atomic E-state index is 0.975. The van der Waals surface area contributed by atoms with Gasteiger partial charge in [-0.1, -0.05) is 24.3 Å². The molecule has 0 fully saturated rings. The average molecular weight is 300 g/mol. The Labute approximate surface area is 135 Å². The number of fused-ring (bicyclic) bond motifs is 6. The molecule has 0 spiro atoms. The van der Waals surface area contributed by atoms with Crippen LogP contribution in [0.15, 0.2) is 47.0 Å². The van der Waals surface area contributed by atoms with E-state index < -0.39 is 0 Å². The van der Waals surface area contributed by atoms with Crippen molar-refractivity contribution in [3.05, 3.63) is 64.8 Å². The molecule has 4 aromatic rings. The molecule has 2 aromatic carbocycles. The van der Waals surface area contributed by atoms with E-state index in [0.717, 1.165) is 17.6 Å². The van der Waals surface area contributed by atoms with Crippen LogP contribution < -0.4 is 4.57 Å². The molecule has 2 aromatic heterocycles. The van der Waals surface area contributed by atoms with Gasteiger partial charge >= 0.3 is 0 Å². The summed E-state index contributed by atoms with van der Waals surface area (Å²) in [5, 5.41) is 1.25. The first kappa shape index (κ1) is 12.9. The maximum absolute atomic E-state index is 6.20. The highest BCUT2D eigenvalue weighted by atomic mass is 16.3. The lowest BCUT2D eigenvalue weighted by Gasteiger charge is -2.06. The van der Waals surface area contributed by atoms with Crippen LogP contribution in [0.25, 0.3) is 33.2 Å². The molecular formula is C21H18NO+. The molecule has 0 aliphatic heterocycles. The number of hydrogen-bond donors (Lipinski definition) is 0. The van der Waals surface area contributed by atoms with Crippen LogP contribution >= 0.6 is 0 Å². The van der Waals surface area contributed by atoms with Crippen molar-refractivity contribution in [2.24, 2.45) is 7.05 Å². The van der Waals surface area contributed by atoms with Gasteiger partial charge in [0.25, 0.3) is 5.52 Å². The third-order valence-electron chi connectivity index (χ3n) is 5.09. The number of furan rings is 1. The summed E-state index contributed by atoms with van der Waals surface area (Å²) in [4.78, 5) is 0. The molecule has 0 bridgehead atoms. The fourth-order valence-electron chi connectivity index (χ4n) is 4.22. The van der Waals surface area contributed by atoms with Gasteiger partial charge in [0.2, 0.25) is 0 Å². The molecule has 112 valence electrons. The molecule has 2 heteroatoms. The summed E-state index contributed by atoms with van der Waals surface area (Å²) in [6.07, 6.45) is 3.17.